The number of aromatic nitrogens is 5. The molecule has 0 aliphatic heterocycles. The molecule has 0 fully saturated rings. The monoisotopic (exact) mass is 875 g/mol. The third-order valence-electron chi connectivity index (χ3n) is 7.32. The molecule has 0 saturated carbocycles. The van der Waals surface area contributed by atoms with Gasteiger partial charge in [0.1, 0.15) is 25.6 Å². The number of carbonyl (C=O) groups is 2. The predicted octanol–water partition coefficient (Wildman–Crippen LogP) is 6.94. The van der Waals surface area contributed by atoms with Crippen LogP contribution in [0.25, 0.3) is 11.3 Å². The first kappa shape index (κ1) is 43.6. The predicted molar refractivity (Wildman–Crippen MR) is 209 cm³/mol. The highest BCUT2D eigenvalue weighted by molar-refractivity contribution is 9.10. The van der Waals surface area contributed by atoms with Gasteiger partial charge >= 0.3 is 12.2 Å². The van der Waals surface area contributed by atoms with Crippen LogP contribution in [0.3, 0.4) is 0 Å². The normalized spacial score (nSPS) is 12.0. The standard InChI is InChI=1S/C21H23FN4O4S.C16H20BrN3O4S/c1-21(2,3)30-20(27)25(4)13-15-10-19(17-7-9-24-12-18(17)22)26(14-15)31(28,29)16-6-5-8-23-11-16;1-16(2,3)24-15(21)19(4)10-12-8-14(17)20(11-12)25(22,23)13-6-5-7-18-9-13/h5-12,14H,13H2,1-4H3;5-9,11H,10H2,1-4H3. The maximum atomic E-state index is 14.5. The zero-order valence-electron chi connectivity index (χ0n) is 32.0. The van der Waals surface area contributed by atoms with Gasteiger partial charge in [0, 0.05) is 63.0 Å². The van der Waals surface area contributed by atoms with E-state index in [0.29, 0.717) is 15.7 Å². The van der Waals surface area contributed by atoms with Crippen molar-refractivity contribution in [2.45, 2.75) is 75.6 Å². The van der Waals surface area contributed by atoms with Gasteiger partial charge in [-0.15, -0.1) is 0 Å². The number of hydrogen-bond acceptors (Lipinski definition) is 11. The van der Waals surface area contributed by atoms with Crippen molar-refractivity contribution < 1.29 is 40.3 Å². The highest BCUT2D eigenvalue weighted by Crippen LogP contribution is 2.29. The van der Waals surface area contributed by atoms with E-state index in [2.05, 4.69) is 30.9 Å². The molecule has 0 saturated heterocycles. The third kappa shape index (κ3) is 11.2. The van der Waals surface area contributed by atoms with Gasteiger partial charge in [-0.05, 0) is 111 Å². The minimum atomic E-state index is -4.07. The highest BCUT2D eigenvalue weighted by atomic mass is 79.9. The molecule has 5 rings (SSSR count). The Morgan fingerprint density at radius 1 is 0.714 bits per heavy atom. The van der Waals surface area contributed by atoms with E-state index in [1.165, 1.54) is 90.6 Å². The minimum Gasteiger partial charge on any atom is -0.444 e. The summed E-state index contributed by atoms with van der Waals surface area (Å²) in [5, 5.41) is 0. The number of carbonyl (C=O) groups excluding carboxylic acids is 2. The van der Waals surface area contributed by atoms with Crippen molar-refractivity contribution in [2.75, 3.05) is 14.1 Å². The number of amides is 2. The summed E-state index contributed by atoms with van der Waals surface area (Å²) in [7, 11) is -4.70. The molecule has 19 heteroatoms. The molecule has 15 nitrogen and oxygen atoms in total. The first-order chi connectivity index (χ1) is 26.0. The van der Waals surface area contributed by atoms with Crippen LogP contribution in [0.5, 0.6) is 0 Å². The quantitative estimate of drug-likeness (QED) is 0.150. The average Bonchev–Trinajstić information content (AvgIpc) is 3.71. The van der Waals surface area contributed by atoms with Crippen LogP contribution in [0.1, 0.15) is 52.7 Å². The largest absolute Gasteiger partial charge is 0.444 e. The minimum absolute atomic E-state index is 0.0478. The summed E-state index contributed by atoms with van der Waals surface area (Å²) in [6.45, 7) is 10.9. The van der Waals surface area contributed by atoms with Crippen LogP contribution in [0, 0.1) is 5.82 Å². The molecule has 0 aliphatic rings. The van der Waals surface area contributed by atoms with Crippen molar-refractivity contribution in [3.63, 3.8) is 0 Å². The summed E-state index contributed by atoms with van der Waals surface area (Å²) in [6, 6.07) is 10.5. The maximum absolute atomic E-state index is 14.5. The van der Waals surface area contributed by atoms with E-state index < -0.39 is 49.3 Å². The lowest BCUT2D eigenvalue weighted by Gasteiger charge is -2.24. The van der Waals surface area contributed by atoms with E-state index in [0.717, 1.165) is 14.1 Å². The van der Waals surface area contributed by atoms with E-state index in [4.69, 9.17) is 9.47 Å². The lowest BCUT2D eigenvalue weighted by atomic mass is 10.2. The van der Waals surface area contributed by atoms with E-state index in [-0.39, 0.29) is 34.1 Å². The zero-order chi connectivity index (χ0) is 41.6. The Morgan fingerprint density at radius 3 is 1.61 bits per heavy atom. The van der Waals surface area contributed by atoms with Crippen LogP contribution < -0.4 is 0 Å². The average molecular weight is 877 g/mol. The van der Waals surface area contributed by atoms with Gasteiger partial charge in [0.2, 0.25) is 0 Å². The van der Waals surface area contributed by atoms with Crippen LogP contribution in [0.15, 0.2) is 106 Å². The van der Waals surface area contributed by atoms with E-state index in [9.17, 15) is 30.8 Å². The van der Waals surface area contributed by atoms with Crippen molar-refractivity contribution >= 4 is 48.2 Å². The Labute approximate surface area is 334 Å². The Morgan fingerprint density at radius 2 is 1.16 bits per heavy atom. The Hall–Kier alpha value is -5.14. The van der Waals surface area contributed by atoms with Gasteiger partial charge in [0.05, 0.1) is 25.0 Å². The molecule has 0 unspecified atom stereocenters. The molecule has 0 N–H and O–H groups in total. The van der Waals surface area contributed by atoms with Crippen molar-refractivity contribution in [3.05, 3.63) is 114 Å². The van der Waals surface area contributed by atoms with Gasteiger partial charge in [-0.3, -0.25) is 15.0 Å². The second kappa shape index (κ2) is 17.3. The highest BCUT2D eigenvalue weighted by Gasteiger charge is 2.26. The SMILES string of the molecule is CN(Cc1cc(-c2ccncc2F)n(S(=O)(=O)c2cccnc2)c1)C(=O)OC(C)(C)C.CN(Cc1cc(Br)n(S(=O)(=O)c2cccnc2)c1)C(=O)OC(C)(C)C. The summed E-state index contributed by atoms with van der Waals surface area (Å²) < 4.78 is 79.4. The Bertz CT molecular complexity index is 2380. The molecule has 0 aromatic carbocycles. The summed E-state index contributed by atoms with van der Waals surface area (Å²) in [5.41, 5.74) is 0.0260. The molecule has 0 spiro atoms. The molecule has 5 aromatic heterocycles. The van der Waals surface area contributed by atoms with Crippen molar-refractivity contribution in [1.82, 2.24) is 32.7 Å². The molecule has 300 valence electrons. The van der Waals surface area contributed by atoms with Crippen molar-refractivity contribution in [3.8, 4) is 11.3 Å². The molecule has 56 heavy (non-hydrogen) atoms. The van der Waals surface area contributed by atoms with Gasteiger partial charge in [-0.2, -0.15) is 0 Å². The van der Waals surface area contributed by atoms with E-state index in [1.54, 1.807) is 60.7 Å². The molecule has 0 radical (unpaired) electrons. The van der Waals surface area contributed by atoms with Gasteiger partial charge < -0.3 is 19.3 Å². The van der Waals surface area contributed by atoms with Gasteiger partial charge in [-0.25, -0.2) is 38.8 Å². The fourth-order valence-corrected chi connectivity index (χ4v) is 8.43. The second-order valence-corrected chi connectivity index (χ2v) is 18.9. The van der Waals surface area contributed by atoms with Gasteiger partial charge in [0.25, 0.3) is 20.0 Å². The number of pyridine rings is 3. The lowest BCUT2D eigenvalue weighted by molar-refractivity contribution is 0.0275. The summed E-state index contributed by atoms with van der Waals surface area (Å²) >= 11 is 3.25. The zero-order valence-corrected chi connectivity index (χ0v) is 35.3. The molecular formula is C37H43BrFN7O8S2. The Balaban J connectivity index is 0.000000255. The van der Waals surface area contributed by atoms with Crippen LogP contribution >= 0.6 is 15.9 Å². The fourth-order valence-electron chi connectivity index (χ4n) is 4.88. The molecule has 0 atom stereocenters. The van der Waals surface area contributed by atoms with Gasteiger partial charge in [-0.1, -0.05) is 0 Å². The van der Waals surface area contributed by atoms with Crippen LogP contribution in [0.4, 0.5) is 14.0 Å². The van der Waals surface area contributed by atoms with Crippen LogP contribution in [-0.2, 0) is 42.6 Å². The molecule has 2 amide bonds. The molecule has 5 heterocycles. The van der Waals surface area contributed by atoms with Gasteiger partial charge in [0.15, 0.2) is 5.82 Å². The molecular weight excluding hydrogens is 833 g/mol. The van der Waals surface area contributed by atoms with Crippen molar-refractivity contribution in [2.24, 2.45) is 0 Å². The smallest absolute Gasteiger partial charge is 0.410 e. The number of halogens is 2. The summed E-state index contributed by atoms with van der Waals surface area (Å²) in [6.07, 6.45) is 9.63. The van der Waals surface area contributed by atoms with Crippen LogP contribution in [0.2, 0.25) is 0 Å². The summed E-state index contributed by atoms with van der Waals surface area (Å²) in [4.78, 5) is 38.5. The maximum Gasteiger partial charge on any atom is 0.410 e. The second-order valence-electron chi connectivity index (χ2n) is 14.4. The van der Waals surface area contributed by atoms with E-state index in [1.807, 2.05) is 0 Å². The molecule has 5 aromatic rings. The number of rotatable bonds is 9. The fraction of sp³-hybridized carbons (Fsp3) is 0.324. The molecule has 0 aliphatic carbocycles. The van der Waals surface area contributed by atoms with E-state index >= 15 is 0 Å². The van der Waals surface area contributed by atoms with Crippen molar-refractivity contribution in [1.29, 1.82) is 0 Å². The summed E-state index contributed by atoms with van der Waals surface area (Å²) in [5.74, 6) is -0.671. The number of nitrogens with zero attached hydrogens (tertiary/aromatic N) is 7. The number of ether oxygens (including phenoxy) is 2. The molecule has 0 bridgehead atoms. The van der Waals surface area contributed by atoms with Crippen LogP contribution in [-0.4, -0.2) is 87.0 Å². The lowest BCUT2D eigenvalue weighted by Crippen LogP contribution is -2.33. The first-order valence-electron chi connectivity index (χ1n) is 16.9. The first-order valence-corrected chi connectivity index (χ1v) is 20.5. The third-order valence-corrected chi connectivity index (χ3v) is 11.5. The number of hydrogen-bond donors (Lipinski definition) is 0. The Kier molecular flexibility index (Phi) is 13.5. The topological polar surface area (TPSA) is 176 Å².